The van der Waals surface area contributed by atoms with E-state index in [4.69, 9.17) is 9.54 Å². The van der Waals surface area contributed by atoms with Gasteiger partial charge < -0.3 is 15.7 Å². The molecular weight excluding hydrogens is 425 g/mol. The second-order valence-electron chi connectivity index (χ2n) is 6.94. The Hall–Kier alpha value is -2.20. The number of aliphatic hydroxyl groups excluding tert-OH is 1. The van der Waals surface area contributed by atoms with E-state index in [2.05, 4.69) is 10.6 Å². The fourth-order valence-electron chi connectivity index (χ4n) is 3.40. The Balaban J connectivity index is 0.00000272. The van der Waals surface area contributed by atoms with Gasteiger partial charge in [-0.25, -0.2) is 4.98 Å². The molecule has 9 heteroatoms. The smallest absolute Gasteiger partial charge is 0.392 e. The van der Waals surface area contributed by atoms with Crippen molar-refractivity contribution in [2.45, 2.75) is 6.61 Å². The molecule has 0 radical (unpaired) electrons. The van der Waals surface area contributed by atoms with Gasteiger partial charge in [-0.1, -0.05) is 36.4 Å². The molecule has 0 fully saturated rings. The fraction of sp³-hybridized carbons (Fsp3) is 0.136. The van der Waals surface area contributed by atoms with Crippen molar-refractivity contribution in [3.63, 3.8) is 0 Å². The first kappa shape index (κ1) is 23.5. The summed E-state index contributed by atoms with van der Waals surface area (Å²) in [5.74, 6) is -0.404. The van der Waals surface area contributed by atoms with E-state index >= 15 is 0 Å². The normalized spacial score (nSPS) is 11.3. The summed E-state index contributed by atoms with van der Waals surface area (Å²) >= 11 is 0. The zero-order chi connectivity index (χ0) is 21.1. The number of para-hydroxylation sites is 2. The predicted octanol–water partition coefficient (Wildman–Crippen LogP) is 0.928. The average Bonchev–Trinajstić information content (AvgIpc) is 2.72. The molecule has 0 saturated carbocycles. The molecule has 1 aromatic heterocycles. The monoisotopic (exact) mass is 446 g/mol. The van der Waals surface area contributed by atoms with Gasteiger partial charge in [0.2, 0.25) is 0 Å². The molecule has 0 atom stereocenters. The molecule has 1 heterocycles. The van der Waals surface area contributed by atoms with Crippen LogP contribution in [-0.4, -0.2) is 35.4 Å². The van der Waals surface area contributed by atoms with Gasteiger partial charge in [-0.05, 0) is 35.9 Å². The minimum atomic E-state index is -4.05. The topological polar surface area (TPSA) is 112 Å². The molecule has 0 unspecified atom stereocenters. The van der Waals surface area contributed by atoms with E-state index in [1.54, 1.807) is 6.07 Å². The van der Waals surface area contributed by atoms with E-state index in [1.165, 1.54) is 0 Å². The van der Waals surface area contributed by atoms with E-state index < -0.39 is 15.9 Å². The van der Waals surface area contributed by atoms with Crippen LogP contribution in [0.5, 0.6) is 0 Å². The SMILES string of the molecule is O=S(=O)(O)CCNc1cc(CO)cc(Nc2c3ccccc3nc3ccccc23)c1.[Na+]. The molecule has 4 N–H and O–H groups in total. The van der Waals surface area contributed by atoms with Gasteiger partial charge >= 0.3 is 29.6 Å². The molecule has 0 spiro atoms. The summed E-state index contributed by atoms with van der Waals surface area (Å²) in [4.78, 5) is 4.72. The zero-order valence-corrected chi connectivity index (χ0v) is 19.9. The second kappa shape index (κ2) is 9.95. The quantitative estimate of drug-likeness (QED) is 0.190. The number of aromatic nitrogens is 1. The number of nitrogens with zero attached hydrogens (tertiary/aromatic N) is 1. The molecule has 7 nitrogen and oxygen atoms in total. The first-order chi connectivity index (χ1) is 14.4. The van der Waals surface area contributed by atoms with Gasteiger partial charge in [0, 0.05) is 28.7 Å². The van der Waals surface area contributed by atoms with Crippen LogP contribution in [0.1, 0.15) is 5.56 Å². The molecule has 0 aliphatic carbocycles. The molecule has 4 aromatic rings. The number of benzene rings is 3. The molecule has 154 valence electrons. The number of pyridine rings is 1. The largest absolute Gasteiger partial charge is 1.00 e. The molecule has 0 amide bonds. The van der Waals surface area contributed by atoms with E-state index in [-0.39, 0.29) is 42.7 Å². The number of anilines is 3. The maximum atomic E-state index is 11.0. The number of fused-ring (bicyclic) bond motifs is 2. The maximum Gasteiger partial charge on any atom is 1.00 e. The summed E-state index contributed by atoms with van der Waals surface area (Å²) in [6.45, 7) is -0.116. The number of rotatable bonds is 7. The number of aliphatic hydroxyl groups is 1. The number of nitrogens with one attached hydrogen (secondary N) is 2. The van der Waals surface area contributed by atoms with Gasteiger partial charge in [0.05, 0.1) is 29.1 Å². The minimum absolute atomic E-state index is 0. The van der Waals surface area contributed by atoms with Crippen LogP contribution in [0, 0.1) is 0 Å². The fourth-order valence-corrected chi connectivity index (χ4v) is 3.76. The van der Waals surface area contributed by atoms with E-state index in [0.717, 1.165) is 33.2 Å². The molecule has 4 rings (SSSR count). The van der Waals surface area contributed by atoms with Crippen molar-refractivity contribution in [2.75, 3.05) is 22.9 Å². The second-order valence-corrected chi connectivity index (χ2v) is 8.51. The summed E-state index contributed by atoms with van der Waals surface area (Å²) in [5, 5.41) is 18.0. The van der Waals surface area contributed by atoms with Crippen LogP contribution >= 0.6 is 0 Å². The van der Waals surface area contributed by atoms with Crippen LogP contribution in [0.25, 0.3) is 21.8 Å². The third-order valence-corrected chi connectivity index (χ3v) is 5.44. The minimum Gasteiger partial charge on any atom is -0.392 e. The standard InChI is InChI=1S/C22H21N3O4S.Na/c26-14-15-11-16(23-9-10-30(27,28)29)13-17(12-15)24-22-18-5-1-3-7-20(18)25-21-8-4-2-6-19(21)22;/h1-8,11-13,23,26H,9-10,14H2,(H,24,25)(H,27,28,29);/q;+1. The third kappa shape index (κ3) is 5.74. The summed E-state index contributed by atoms with van der Waals surface area (Å²) < 4.78 is 30.8. The van der Waals surface area contributed by atoms with Gasteiger partial charge in [0.1, 0.15) is 0 Å². The van der Waals surface area contributed by atoms with Gasteiger partial charge in [-0.3, -0.25) is 4.55 Å². The summed E-state index contributed by atoms with van der Waals surface area (Å²) in [5.41, 5.74) is 4.66. The van der Waals surface area contributed by atoms with E-state index in [0.29, 0.717) is 11.3 Å². The molecule has 3 aromatic carbocycles. The summed E-state index contributed by atoms with van der Waals surface area (Å²) in [6.07, 6.45) is 0. The Morgan fingerprint density at radius 1 is 0.871 bits per heavy atom. The molecule has 0 bridgehead atoms. The van der Waals surface area contributed by atoms with Crippen molar-refractivity contribution in [1.82, 2.24) is 4.98 Å². The van der Waals surface area contributed by atoms with Crippen molar-refractivity contribution < 1.29 is 47.6 Å². The van der Waals surface area contributed by atoms with Gasteiger partial charge in [-0.15, -0.1) is 0 Å². The summed E-state index contributed by atoms with van der Waals surface area (Å²) in [6, 6.07) is 21.1. The van der Waals surface area contributed by atoms with Crippen molar-refractivity contribution in [3.8, 4) is 0 Å². The Kier molecular flexibility index (Phi) is 7.53. The zero-order valence-electron chi connectivity index (χ0n) is 17.0. The van der Waals surface area contributed by atoms with Crippen LogP contribution in [0.4, 0.5) is 17.1 Å². The van der Waals surface area contributed by atoms with Crippen LogP contribution in [0.15, 0.2) is 66.7 Å². The Labute approximate surface area is 202 Å². The maximum absolute atomic E-state index is 11.0. The molecular formula is C22H21N3NaO4S+. The molecule has 0 aliphatic rings. The van der Waals surface area contributed by atoms with Crippen molar-refractivity contribution >= 4 is 49.0 Å². The Bertz CT molecular complexity index is 1280. The van der Waals surface area contributed by atoms with Gasteiger partial charge in [-0.2, -0.15) is 8.42 Å². The Morgan fingerprint density at radius 3 is 2.03 bits per heavy atom. The van der Waals surface area contributed by atoms with Gasteiger partial charge in [0.15, 0.2) is 0 Å². The van der Waals surface area contributed by atoms with Crippen LogP contribution in [0.3, 0.4) is 0 Å². The predicted molar refractivity (Wildman–Crippen MR) is 120 cm³/mol. The Morgan fingerprint density at radius 2 is 1.45 bits per heavy atom. The average molecular weight is 446 g/mol. The first-order valence-corrected chi connectivity index (χ1v) is 11.0. The van der Waals surface area contributed by atoms with Crippen molar-refractivity contribution in [1.29, 1.82) is 0 Å². The van der Waals surface area contributed by atoms with Crippen LogP contribution in [0.2, 0.25) is 0 Å². The summed E-state index contributed by atoms with van der Waals surface area (Å²) in [7, 11) is -4.05. The van der Waals surface area contributed by atoms with Crippen LogP contribution < -0.4 is 40.2 Å². The van der Waals surface area contributed by atoms with Crippen LogP contribution in [-0.2, 0) is 16.7 Å². The van der Waals surface area contributed by atoms with Crippen molar-refractivity contribution in [2.24, 2.45) is 0 Å². The number of hydrogen-bond acceptors (Lipinski definition) is 6. The van der Waals surface area contributed by atoms with E-state index in [9.17, 15) is 13.5 Å². The third-order valence-electron chi connectivity index (χ3n) is 4.72. The first-order valence-electron chi connectivity index (χ1n) is 9.41. The van der Waals surface area contributed by atoms with E-state index in [1.807, 2.05) is 60.7 Å². The number of hydrogen-bond donors (Lipinski definition) is 4. The van der Waals surface area contributed by atoms with Crippen molar-refractivity contribution in [3.05, 3.63) is 72.3 Å². The van der Waals surface area contributed by atoms with Gasteiger partial charge in [0.25, 0.3) is 10.1 Å². The molecule has 0 saturated heterocycles. The molecule has 0 aliphatic heterocycles. The molecule has 31 heavy (non-hydrogen) atoms.